The number of ketones is 1. The van der Waals surface area contributed by atoms with Gasteiger partial charge in [0.05, 0.1) is 0 Å². The van der Waals surface area contributed by atoms with Crippen LogP contribution in [0.2, 0.25) is 0 Å². The lowest BCUT2D eigenvalue weighted by Crippen LogP contribution is -2.31. The van der Waals surface area contributed by atoms with Crippen LogP contribution in [0.1, 0.15) is 11.5 Å². The number of Topliss-reactive ketones (excluding diaryl/α,β-unsaturated/α-hetero) is 1. The van der Waals surface area contributed by atoms with Gasteiger partial charge in [-0.3, -0.25) is 14.4 Å². The molecule has 0 saturated heterocycles. The van der Waals surface area contributed by atoms with Gasteiger partial charge in [0.2, 0.25) is 11.7 Å². The zero-order chi connectivity index (χ0) is 18.9. The number of hydrogen-bond donors (Lipinski definition) is 2. The van der Waals surface area contributed by atoms with Crippen LogP contribution in [0.5, 0.6) is 5.75 Å². The van der Waals surface area contributed by atoms with E-state index in [2.05, 4.69) is 15.4 Å². The lowest BCUT2D eigenvalue weighted by atomic mass is 9.95. The highest BCUT2D eigenvalue weighted by Crippen LogP contribution is 2.33. The number of alkyl halides is 3. The van der Waals surface area contributed by atoms with Crippen LogP contribution < -0.4 is 15.4 Å². The molecule has 0 aliphatic carbocycles. The lowest BCUT2D eigenvalue weighted by Gasteiger charge is -2.11. The van der Waals surface area contributed by atoms with Crippen LogP contribution >= 0.6 is 0 Å². The Kier molecular flexibility index (Phi) is 4.37. The van der Waals surface area contributed by atoms with E-state index in [4.69, 9.17) is 0 Å². The van der Waals surface area contributed by atoms with Crippen molar-refractivity contribution in [1.82, 2.24) is 0 Å². The largest absolute Gasteiger partial charge is 0.573 e. The number of carbonyl (C=O) groups excluding carboxylic acids is 3. The molecule has 6 nitrogen and oxygen atoms in total. The van der Waals surface area contributed by atoms with Gasteiger partial charge >= 0.3 is 6.36 Å². The minimum atomic E-state index is -4.83. The number of fused-ring (bicyclic) bond motifs is 1. The van der Waals surface area contributed by atoms with E-state index in [1.807, 2.05) is 0 Å². The van der Waals surface area contributed by atoms with Gasteiger partial charge in [-0.25, -0.2) is 0 Å². The van der Waals surface area contributed by atoms with E-state index >= 15 is 0 Å². The van der Waals surface area contributed by atoms with Crippen molar-refractivity contribution in [2.75, 3.05) is 10.6 Å². The molecule has 2 amide bonds. The number of carbonyl (C=O) groups is 3. The van der Waals surface area contributed by atoms with Crippen LogP contribution in [-0.2, 0) is 14.4 Å². The van der Waals surface area contributed by atoms with Crippen molar-refractivity contribution in [3.8, 4) is 5.75 Å². The molecule has 1 unspecified atom stereocenters. The molecule has 0 bridgehead atoms. The molecular formula is C17H11F3N2O4. The van der Waals surface area contributed by atoms with E-state index < -0.39 is 35.6 Å². The predicted molar refractivity (Wildman–Crippen MR) is 84.6 cm³/mol. The number of anilines is 2. The summed E-state index contributed by atoms with van der Waals surface area (Å²) in [6.07, 6.45) is -4.83. The van der Waals surface area contributed by atoms with Crippen molar-refractivity contribution in [2.45, 2.75) is 12.3 Å². The number of halogens is 3. The van der Waals surface area contributed by atoms with Gasteiger partial charge in [-0.05, 0) is 35.9 Å². The SMILES string of the molecule is O=C(Nc1ccc(OC(F)(F)F)cc1)C(=O)C1C(=O)Nc2ccccc21. The summed E-state index contributed by atoms with van der Waals surface area (Å²) in [4.78, 5) is 36.4. The summed E-state index contributed by atoms with van der Waals surface area (Å²) >= 11 is 0. The molecular weight excluding hydrogens is 353 g/mol. The van der Waals surface area contributed by atoms with Crippen LogP contribution in [0.25, 0.3) is 0 Å². The number of ether oxygens (including phenoxy) is 1. The standard InChI is InChI=1S/C17H11F3N2O4/c18-17(19,20)26-10-7-5-9(6-8-10)21-16(25)14(23)13-11-3-1-2-4-12(11)22-15(13)24/h1-8,13H,(H,21,25)(H,22,24). The fraction of sp³-hybridized carbons (Fsp3) is 0.118. The second-order valence-electron chi connectivity index (χ2n) is 5.40. The van der Waals surface area contributed by atoms with Crippen molar-refractivity contribution in [3.05, 3.63) is 54.1 Å². The highest BCUT2D eigenvalue weighted by atomic mass is 19.4. The molecule has 1 aliphatic heterocycles. The second kappa shape index (κ2) is 6.51. The first-order valence-electron chi connectivity index (χ1n) is 7.35. The maximum absolute atomic E-state index is 12.3. The van der Waals surface area contributed by atoms with Crippen molar-refractivity contribution in [1.29, 1.82) is 0 Å². The summed E-state index contributed by atoms with van der Waals surface area (Å²) in [5.74, 6) is -4.36. The third kappa shape index (κ3) is 3.66. The normalized spacial score (nSPS) is 15.8. The third-order valence-electron chi connectivity index (χ3n) is 3.62. The quantitative estimate of drug-likeness (QED) is 0.645. The topological polar surface area (TPSA) is 84.5 Å². The lowest BCUT2D eigenvalue weighted by molar-refractivity contribution is -0.274. The van der Waals surface area contributed by atoms with E-state index in [9.17, 15) is 27.6 Å². The average molecular weight is 364 g/mol. The van der Waals surface area contributed by atoms with E-state index in [1.165, 1.54) is 0 Å². The zero-order valence-corrected chi connectivity index (χ0v) is 13.0. The smallest absolute Gasteiger partial charge is 0.406 e. The molecule has 2 aromatic rings. The number of para-hydroxylation sites is 1. The average Bonchev–Trinajstić information content (AvgIpc) is 2.90. The first-order valence-corrected chi connectivity index (χ1v) is 7.35. The highest BCUT2D eigenvalue weighted by Gasteiger charge is 2.39. The van der Waals surface area contributed by atoms with Crippen molar-refractivity contribution in [2.24, 2.45) is 0 Å². The molecule has 9 heteroatoms. The maximum Gasteiger partial charge on any atom is 0.573 e. The van der Waals surface area contributed by atoms with Gasteiger partial charge in [-0.1, -0.05) is 18.2 Å². The molecule has 2 aromatic carbocycles. The molecule has 26 heavy (non-hydrogen) atoms. The molecule has 0 aromatic heterocycles. The number of benzene rings is 2. The fourth-order valence-electron chi connectivity index (χ4n) is 2.53. The molecule has 2 N–H and O–H groups in total. The van der Waals surface area contributed by atoms with E-state index in [1.54, 1.807) is 24.3 Å². The summed E-state index contributed by atoms with van der Waals surface area (Å²) in [5, 5.41) is 4.77. The molecule has 1 atom stereocenters. The Morgan fingerprint density at radius 1 is 1.04 bits per heavy atom. The summed E-state index contributed by atoms with van der Waals surface area (Å²) in [6.45, 7) is 0. The van der Waals surface area contributed by atoms with E-state index in [0.29, 0.717) is 11.3 Å². The number of hydrogen-bond acceptors (Lipinski definition) is 4. The number of amides is 2. The van der Waals surface area contributed by atoms with Crippen LogP contribution in [0.15, 0.2) is 48.5 Å². The summed E-state index contributed by atoms with van der Waals surface area (Å²) in [5.41, 5.74) is 0.938. The summed E-state index contributed by atoms with van der Waals surface area (Å²) in [7, 11) is 0. The minimum Gasteiger partial charge on any atom is -0.406 e. The van der Waals surface area contributed by atoms with E-state index in [0.717, 1.165) is 24.3 Å². The van der Waals surface area contributed by atoms with Gasteiger partial charge in [0.1, 0.15) is 11.7 Å². The maximum atomic E-state index is 12.3. The summed E-state index contributed by atoms with van der Waals surface area (Å²) in [6, 6.07) is 10.8. The van der Waals surface area contributed by atoms with Gasteiger partial charge < -0.3 is 15.4 Å². The van der Waals surface area contributed by atoms with Crippen molar-refractivity contribution >= 4 is 29.0 Å². The highest BCUT2D eigenvalue weighted by molar-refractivity contribution is 6.47. The first kappa shape index (κ1) is 17.5. The van der Waals surface area contributed by atoms with Crippen LogP contribution in [-0.4, -0.2) is 24.0 Å². The van der Waals surface area contributed by atoms with Crippen LogP contribution in [0.4, 0.5) is 24.5 Å². The number of nitrogens with one attached hydrogen (secondary N) is 2. The molecule has 1 heterocycles. The Morgan fingerprint density at radius 2 is 1.69 bits per heavy atom. The van der Waals surface area contributed by atoms with Gasteiger partial charge in [0, 0.05) is 11.4 Å². The molecule has 3 rings (SSSR count). The Balaban J connectivity index is 1.70. The molecule has 0 saturated carbocycles. The monoisotopic (exact) mass is 364 g/mol. The molecule has 0 spiro atoms. The van der Waals surface area contributed by atoms with Crippen molar-refractivity contribution in [3.63, 3.8) is 0 Å². The first-order chi connectivity index (χ1) is 12.2. The Labute approximate surface area is 145 Å². The summed E-state index contributed by atoms with van der Waals surface area (Å²) < 4.78 is 40.1. The number of rotatable bonds is 4. The Hall–Kier alpha value is -3.36. The molecule has 0 fully saturated rings. The Morgan fingerprint density at radius 3 is 2.35 bits per heavy atom. The predicted octanol–water partition coefficient (Wildman–Crippen LogP) is 2.83. The van der Waals surface area contributed by atoms with E-state index in [-0.39, 0.29) is 5.69 Å². The second-order valence-corrected chi connectivity index (χ2v) is 5.40. The Bertz CT molecular complexity index is 878. The zero-order valence-electron chi connectivity index (χ0n) is 13.0. The van der Waals surface area contributed by atoms with Crippen LogP contribution in [0, 0.1) is 0 Å². The van der Waals surface area contributed by atoms with Gasteiger partial charge in [-0.2, -0.15) is 0 Å². The third-order valence-corrected chi connectivity index (χ3v) is 3.62. The van der Waals surface area contributed by atoms with Gasteiger partial charge in [-0.15, -0.1) is 13.2 Å². The van der Waals surface area contributed by atoms with Gasteiger partial charge in [0.15, 0.2) is 0 Å². The molecule has 1 aliphatic rings. The van der Waals surface area contributed by atoms with Crippen molar-refractivity contribution < 1.29 is 32.3 Å². The van der Waals surface area contributed by atoms with Crippen LogP contribution in [0.3, 0.4) is 0 Å². The molecule has 0 radical (unpaired) electrons. The molecule has 134 valence electrons. The fourth-order valence-corrected chi connectivity index (χ4v) is 2.53. The minimum absolute atomic E-state index is 0.0876. The van der Waals surface area contributed by atoms with Gasteiger partial charge in [0.25, 0.3) is 5.91 Å².